The van der Waals surface area contributed by atoms with Crippen molar-refractivity contribution in [1.29, 1.82) is 0 Å². The average Bonchev–Trinajstić information content (AvgIpc) is 2.20. The number of hydrogen-bond acceptors (Lipinski definition) is 1. The van der Waals surface area contributed by atoms with E-state index < -0.39 is 0 Å². The van der Waals surface area contributed by atoms with Crippen LogP contribution in [-0.4, -0.2) is 20.3 Å². The van der Waals surface area contributed by atoms with Crippen molar-refractivity contribution < 1.29 is 4.39 Å². The van der Waals surface area contributed by atoms with E-state index >= 15 is 0 Å². The molecule has 0 rings (SSSR count). The number of hydrogen-bond donors (Lipinski definition) is 1. The Labute approximate surface area is 87.1 Å². The average molecular weight is 199 g/mol. The zero-order chi connectivity index (χ0) is 10.8. The fraction of sp³-hybridized carbons (Fsp3) is 0.667. The third-order valence-corrected chi connectivity index (χ3v) is 2.24. The smallest absolute Gasteiger partial charge is 0.108 e. The van der Waals surface area contributed by atoms with Crippen LogP contribution in [0.3, 0.4) is 0 Å². The van der Waals surface area contributed by atoms with Gasteiger partial charge in [0.25, 0.3) is 0 Å². The highest BCUT2D eigenvalue weighted by Gasteiger charge is 2.04. The van der Waals surface area contributed by atoms with Crippen LogP contribution in [0.25, 0.3) is 0 Å². The number of halogens is 1. The van der Waals surface area contributed by atoms with Crippen LogP contribution in [-0.2, 0) is 0 Å². The van der Waals surface area contributed by atoms with Gasteiger partial charge in [-0.25, -0.2) is 4.39 Å². The van der Waals surface area contributed by atoms with Gasteiger partial charge >= 0.3 is 0 Å². The maximum absolute atomic E-state index is 12.0. The third-order valence-electron chi connectivity index (χ3n) is 2.24. The van der Waals surface area contributed by atoms with Crippen LogP contribution in [0.4, 0.5) is 4.39 Å². The summed E-state index contributed by atoms with van der Waals surface area (Å²) < 4.78 is 12.0. The molecule has 0 bridgehead atoms. The summed E-state index contributed by atoms with van der Waals surface area (Å²) in [6.45, 7) is 4.92. The summed E-state index contributed by atoms with van der Waals surface area (Å²) in [7, 11) is 1.95. The molecule has 0 aromatic heterocycles. The van der Waals surface area contributed by atoms with E-state index in [0.29, 0.717) is 5.92 Å². The summed E-state index contributed by atoms with van der Waals surface area (Å²) in [6, 6.07) is 0. The molecule has 0 radical (unpaired) electrons. The first-order valence-corrected chi connectivity index (χ1v) is 5.33. The first-order valence-electron chi connectivity index (χ1n) is 5.33. The predicted octanol–water partition coefficient (Wildman–Crippen LogP) is 3.09. The lowest BCUT2D eigenvalue weighted by atomic mass is 9.96. The van der Waals surface area contributed by atoms with E-state index in [9.17, 15) is 4.39 Å². The zero-order valence-corrected chi connectivity index (χ0v) is 9.52. The van der Waals surface area contributed by atoms with Gasteiger partial charge in [-0.2, -0.15) is 0 Å². The highest BCUT2D eigenvalue weighted by atomic mass is 19.1. The van der Waals surface area contributed by atoms with Crippen molar-refractivity contribution >= 4 is 0 Å². The molecule has 14 heavy (non-hydrogen) atoms. The molecule has 1 atom stereocenters. The lowest BCUT2D eigenvalue weighted by molar-refractivity contribution is 0.559. The van der Waals surface area contributed by atoms with Crippen molar-refractivity contribution in [3.63, 3.8) is 0 Å². The van der Waals surface area contributed by atoms with Gasteiger partial charge in [-0.1, -0.05) is 32.1 Å². The summed E-state index contributed by atoms with van der Waals surface area (Å²) in [5.41, 5.74) is 1.25. The van der Waals surface area contributed by atoms with E-state index in [2.05, 4.69) is 25.2 Å². The van der Waals surface area contributed by atoms with Gasteiger partial charge in [0, 0.05) is 0 Å². The van der Waals surface area contributed by atoms with E-state index in [0.717, 1.165) is 19.4 Å². The van der Waals surface area contributed by atoms with Crippen molar-refractivity contribution in [1.82, 2.24) is 5.32 Å². The number of nitrogens with one attached hydrogen (secondary N) is 1. The predicted molar refractivity (Wildman–Crippen MR) is 61.2 cm³/mol. The van der Waals surface area contributed by atoms with Crippen molar-refractivity contribution in [3.05, 3.63) is 23.8 Å². The van der Waals surface area contributed by atoms with Crippen LogP contribution in [0.2, 0.25) is 0 Å². The van der Waals surface area contributed by atoms with Gasteiger partial charge in [0.05, 0.1) is 0 Å². The lowest BCUT2D eigenvalue weighted by Gasteiger charge is -2.12. The molecule has 1 nitrogen and oxygen atoms in total. The van der Waals surface area contributed by atoms with Gasteiger partial charge in [-0.3, -0.25) is 0 Å². The zero-order valence-electron chi connectivity index (χ0n) is 9.52. The monoisotopic (exact) mass is 199 g/mol. The topological polar surface area (TPSA) is 12.0 Å². The molecule has 82 valence electrons. The van der Waals surface area contributed by atoms with E-state index in [4.69, 9.17) is 0 Å². The van der Waals surface area contributed by atoms with Crippen molar-refractivity contribution in [2.45, 2.75) is 26.7 Å². The van der Waals surface area contributed by atoms with Gasteiger partial charge in [0.1, 0.15) is 6.67 Å². The van der Waals surface area contributed by atoms with Gasteiger partial charge in [0.15, 0.2) is 0 Å². The van der Waals surface area contributed by atoms with Crippen LogP contribution in [0.1, 0.15) is 26.7 Å². The maximum atomic E-state index is 12.0. The normalized spacial score (nSPS) is 15.0. The van der Waals surface area contributed by atoms with Crippen LogP contribution in [0.15, 0.2) is 23.8 Å². The molecule has 0 aliphatic carbocycles. The molecule has 0 fully saturated rings. The standard InChI is InChI=1S/C12H22FN/c1-4-6-12(7-5-9-13)11(2)8-10-14-3/h5-7,11,14H,4,8-10H2,1-3H3/b7-5-,12-6+. The van der Waals surface area contributed by atoms with E-state index in [1.165, 1.54) is 5.57 Å². The highest BCUT2D eigenvalue weighted by Crippen LogP contribution is 2.16. The largest absolute Gasteiger partial charge is 0.320 e. The molecule has 1 unspecified atom stereocenters. The molecule has 0 saturated heterocycles. The first kappa shape index (κ1) is 13.4. The van der Waals surface area contributed by atoms with E-state index in [1.54, 1.807) is 6.08 Å². The van der Waals surface area contributed by atoms with Gasteiger partial charge in [0.2, 0.25) is 0 Å². The Kier molecular flexibility index (Phi) is 8.54. The highest BCUT2D eigenvalue weighted by molar-refractivity contribution is 5.21. The minimum Gasteiger partial charge on any atom is -0.320 e. The molecule has 0 aliphatic heterocycles. The minimum atomic E-state index is -0.375. The Morgan fingerprint density at radius 3 is 2.71 bits per heavy atom. The van der Waals surface area contributed by atoms with Gasteiger partial charge in [-0.15, -0.1) is 0 Å². The Hall–Kier alpha value is -0.630. The molecular weight excluding hydrogens is 177 g/mol. The fourth-order valence-corrected chi connectivity index (χ4v) is 1.38. The molecule has 0 aliphatic rings. The van der Waals surface area contributed by atoms with E-state index in [-0.39, 0.29) is 6.67 Å². The summed E-state index contributed by atoms with van der Waals surface area (Å²) in [5, 5.41) is 3.13. The number of alkyl halides is 1. The Bertz CT molecular complexity index is 185. The molecule has 0 saturated carbocycles. The van der Waals surface area contributed by atoms with Crippen LogP contribution in [0.5, 0.6) is 0 Å². The quantitative estimate of drug-likeness (QED) is 0.621. The molecule has 0 aromatic rings. The maximum Gasteiger partial charge on any atom is 0.108 e. The third kappa shape index (κ3) is 5.92. The summed E-state index contributed by atoms with van der Waals surface area (Å²) >= 11 is 0. The number of allylic oxidation sites excluding steroid dienone is 4. The molecule has 0 spiro atoms. The molecule has 0 aromatic carbocycles. The molecule has 0 heterocycles. The summed E-state index contributed by atoms with van der Waals surface area (Å²) in [4.78, 5) is 0. The first-order chi connectivity index (χ1) is 6.76. The molecule has 2 heteroatoms. The Morgan fingerprint density at radius 2 is 2.21 bits per heavy atom. The summed E-state index contributed by atoms with van der Waals surface area (Å²) in [6.07, 6.45) is 7.77. The van der Waals surface area contributed by atoms with Gasteiger partial charge < -0.3 is 5.32 Å². The Morgan fingerprint density at radius 1 is 1.50 bits per heavy atom. The van der Waals surface area contributed by atoms with Gasteiger partial charge in [-0.05, 0) is 37.9 Å². The van der Waals surface area contributed by atoms with Crippen LogP contribution >= 0.6 is 0 Å². The van der Waals surface area contributed by atoms with Crippen molar-refractivity contribution in [3.8, 4) is 0 Å². The van der Waals surface area contributed by atoms with Crippen LogP contribution < -0.4 is 5.32 Å². The molecule has 0 amide bonds. The number of rotatable bonds is 7. The second-order valence-electron chi connectivity index (χ2n) is 3.46. The molecular formula is C12H22FN. The summed E-state index contributed by atoms with van der Waals surface area (Å²) in [5.74, 6) is 0.505. The Balaban J connectivity index is 4.18. The molecule has 1 N–H and O–H groups in total. The van der Waals surface area contributed by atoms with E-state index in [1.807, 2.05) is 13.1 Å². The second-order valence-corrected chi connectivity index (χ2v) is 3.46. The fourth-order valence-electron chi connectivity index (χ4n) is 1.38. The SMILES string of the molecule is CC/C=C(\C=C/CF)C(C)CCNC. The second kappa shape index (κ2) is 8.95. The minimum absolute atomic E-state index is 0.375. The van der Waals surface area contributed by atoms with Crippen LogP contribution in [0, 0.1) is 5.92 Å². The lowest BCUT2D eigenvalue weighted by Crippen LogP contribution is -2.12. The van der Waals surface area contributed by atoms with Crippen molar-refractivity contribution in [2.24, 2.45) is 5.92 Å². The van der Waals surface area contributed by atoms with Crippen molar-refractivity contribution in [2.75, 3.05) is 20.3 Å².